The lowest BCUT2D eigenvalue weighted by Crippen LogP contribution is -2.39. The monoisotopic (exact) mass is 297 g/mol. The molecule has 1 aliphatic heterocycles. The van der Waals surface area contributed by atoms with Gasteiger partial charge in [-0.05, 0) is 44.6 Å². The van der Waals surface area contributed by atoms with Crippen molar-refractivity contribution < 1.29 is 9.21 Å². The Morgan fingerprint density at radius 1 is 1.18 bits per heavy atom. The van der Waals surface area contributed by atoms with Crippen molar-refractivity contribution in [3.8, 4) is 0 Å². The number of carbonyl (C=O) groups excluding carboxylic acids is 1. The van der Waals surface area contributed by atoms with Crippen LogP contribution in [0.2, 0.25) is 0 Å². The summed E-state index contributed by atoms with van der Waals surface area (Å²) in [5.74, 6) is 1.54. The van der Waals surface area contributed by atoms with Crippen molar-refractivity contribution in [1.29, 1.82) is 0 Å². The first-order valence-corrected chi connectivity index (χ1v) is 8.03. The summed E-state index contributed by atoms with van der Waals surface area (Å²) in [5, 5.41) is 0. The highest BCUT2D eigenvalue weighted by molar-refractivity contribution is 5.96. The Bertz CT molecular complexity index is 617. The molecule has 1 aromatic carbocycles. The highest BCUT2D eigenvalue weighted by Crippen LogP contribution is 2.25. The zero-order valence-corrected chi connectivity index (χ0v) is 13.3. The molecule has 0 bridgehead atoms. The molecule has 1 aromatic heterocycles. The summed E-state index contributed by atoms with van der Waals surface area (Å²) >= 11 is 0. The third kappa shape index (κ3) is 3.08. The fourth-order valence-corrected chi connectivity index (χ4v) is 3.34. The van der Waals surface area contributed by atoms with Crippen molar-refractivity contribution in [2.75, 3.05) is 13.1 Å². The normalized spacial score (nSPS) is 16.0. The molecule has 1 amide bonds. The van der Waals surface area contributed by atoms with Gasteiger partial charge in [0.15, 0.2) is 0 Å². The SMILES string of the molecule is Cc1coc(C)c1C(=O)N1CCC(Cc2ccccc2)CC1. The Morgan fingerprint density at radius 2 is 1.86 bits per heavy atom. The van der Waals surface area contributed by atoms with Gasteiger partial charge in [0.2, 0.25) is 0 Å². The van der Waals surface area contributed by atoms with Crippen LogP contribution in [0, 0.1) is 19.8 Å². The highest BCUT2D eigenvalue weighted by atomic mass is 16.3. The van der Waals surface area contributed by atoms with Gasteiger partial charge in [-0.15, -0.1) is 0 Å². The number of rotatable bonds is 3. The molecule has 0 saturated carbocycles. The number of benzene rings is 1. The quantitative estimate of drug-likeness (QED) is 0.858. The predicted molar refractivity (Wildman–Crippen MR) is 87.0 cm³/mol. The number of carbonyl (C=O) groups is 1. The van der Waals surface area contributed by atoms with Crippen molar-refractivity contribution in [3.63, 3.8) is 0 Å². The fourth-order valence-electron chi connectivity index (χ4n) is 3.34. The van der Waals surface area contributed by atoms with Crippen LogP contribution in [0.5, 0.6) is 0 Å². The van der Waals surface area contributed by atoms with Crippen molar-refractivity contribution in [3.05, 3.63) is 59.0 Å². The average Bonchev–Trinajstić information content (AvgIpc) is 2.87. The molecule has 0 N–H and O–H groups in total. The van der Waals surface area contributed by atoms with Crippen LogP contribution in [0.15, 0.2) is 41.0 Å². The van der Waals surface area contributed by atoms with Gasteiger partial charge >= 0.3 is 0 Å². The lowest BCUT2D eigenvalue weighted by molar-refractivity contribution is 0.0688. The van der Waals surface area contributed by atoms with Crippen LogP contribution in [0.3, 0.4) is 0 Å². The zero-order valence-electron chi connectivity index (χ0n) is 13.3. The summed E-state index contributed by atoms with van der Waals surface area (Å²) in [6.45, 7) is 5.50. The molecule has 2 heterocycles. The van der Waals surface area contributed by atoms with E-state index >= 15 is 0 Å². The molecule has 3 rings (SSSR count). The fraction of sp³-hybridized carbons (Fsp3) is 0.421. The van der Waals surface area contributed by atoms with Crippen LogP contribution in [0.4, 0.5) is 0 Å². The maximum absolute atomic E-state index is 12.6. The third-order valence-electron chi connectivity index (χ3n) is 4.64. The van der Waals surface area contributed by atoms with E-state index in [1.165, 1.54) is 5.56 Å². The first-order chi connectivity index (χ1) is 10.6. The van der Waals surface area contributed by atoms with Crippen LogP contribution in [-0.2, 0) is 6.42 Å². The topological polar surface area (TPSA) is 33.5 Å². The van der Waals surface area contributed by atoms with Crippen molar-refractivity contribution >= 4 is 5.91 Å². The second-order valence-corrected chi connectivity index (χ2v) is 6.28. The largest absolute Gasteiger partial charge is 0.469 e. The Hall–Kier alpha value is -2.03. The summed E-state index contributed by atoms with van der Waals surface area (Å²) in [4.78, 5) is 14.6. The van der Waals surface area contributed by atoms with E-state index in [0.717, 1.165) is 49.2 Å². The number of piperidine rings is 1. The van der Waals surface area contributed by atoms with Gasteiger partial charge in [-0.25, -0.2) is 0 Å². The molecule has 3 nitrogen and oxygen atoms in total. The van der Waals surface area contributed by atoms with E-state index in [0.29, 0.717) is 5.92 Å². The molecule has 1 fully saturated rings. The van der Waals surface area contributed by atoms with Gasteiger partial charge in [0.25, 0.3) is 5.91 Å². The summed E-state index contributed by atoms with van der Waals surface area (Å²) in [5.41, 5.74) is 3.09. The number of furan rings is 1. The van der Waals surface area contributed by atoms with Crippen LogP contribution < -0.4 is 0 Å². The van der Waals surface area contributed by atoms with Crippen LogP contribution in [0.1, 0.15) is 40.1 Å². The molecular weight excluding hydrogens is 274 g/mol. The molecular formula is C19H23NO2. The van der Waals surface area contributed by atoms with Gasteiger partial charge in [-0.3, -0.25) is 4.79 Å². The first kappa shape index (κ1) is 14.9. The van der Waals surface area contributed by atoms with Crippen LogP contribution in [-0.4, -0.2) is 23.9 Å². The summed E-state index contributed by atoms with van der Waals surface area (Å²) in [6.07, 6.45) is 4.95. The van der Waals surface area contributed by atoms with Gasteiger partial charge in [0, 0.05) is 18.7 Å². The Kier molecular flexibility index (Phi) is 4.32. The van der Waals surface area contributed by atoms with E-state index < -0.39 is 0 Å². The van der Waals surface area contributed by atoms with Gasteiger partial charge in [-0.2, -0.15) is 0 Å². The maximum atomic E-state index is 12.6. The molecule has 3 heteroatoms. The molecule has 0 unspecified atom stereocenters. The lowest BCUT2D eigenvalue weighted by Gasteiger charge is -2.32. The minimum Gasteiger partial charge on any atom is -0.469 e. The minimum absolute atomic E-state index is 0.127. The highest BCUT2D eigenvalue weighted by Gasteiger charge is 2.26. The van der Waals surface area contributed by atoms with E-state index in [1.54, 1.807) is 6.26 Å². The summed E-state index contributed by atoms with van der Waals surface area (Å²) in [7, 11) is 0. The van der Waals surface area contributed by atoms with Gasteiger partial charge in [0.1, 0.15) is 5.76 Å². The number of hydrogen-bond donors (Lipinski definition) is 0. The molecule has 0 atom stereocenters. The second-order valence-electron chi connectivity index (χ2n) is 6.28. The molecule has 116 valence electrons. The predicted octanol–water partition coefficient (Wildman–Crippen LogP) is 3.99. The van der Waals surface area contributed by atoms with Gasteiger partial charge in [-0.1, -0.05) is 30.3 Å². The number of likely N-dealkylation sites (tertiary alicyclic amines) is 1. The Labute approximate surface area is 131 Å². The van der Waals surface area contributed by atoms with E-state index in [1.807, 2.05) is 18.7 Å². The van der Waals surface area contributed by atoms with Crippen LogP contribution >= 0.6 is 0 Å². The Morgan fingerprint density at radius 3 is 2.45 bits per heavy atom. The minimum atomic E-state index is 0.127. The molecule has 0 aliphatic carbocycles. The van der Waals surface area contributed by atoms with Crippen molar-refractivity contribution in [2.45, 2.75) is 33.1 Å². The number of aryl methyl sites for hydroxylation is 2. The molecule has 22 heavy (non-hydrogen) atoms. The number of amides is 1. The molecule has 1 saturated heterocycles. The molecule has 1 aliphatic rings. The van der Waals surface area contributed by atoms with Crippen LogP contribution in [0.25, 0.3) is 0 Å². The molecule has 0 spiro atoms. The van der Waals surface area contributed by atoms with E-state index in [-0.39, 0.29) is 5.91 Å². The van der Waals surface area contributed by atoms with Gasteiger partial charge < -0.3 is 9.32 Å². The smallest absolute Gasteiger partial charge is 0.257 e. The third-order valence-corrected chi connectivity index (χ3v) is 4.64. The average molecular weight is 297 g/mol. The standard InChI is InChI=1S/C19H23NO2/c1-14-13-22-15(2)18(14)19(21)20-10-8-17(9-11-20)12-16-6-4-3-5-7-16/h3-7,13,17H,8-12H2,1-2H3. The summed E-state index contributed by atoms with van der Waals surface area (Å²) in [6, 6.07) is 10.6. The first-order valence-electron chi connectivity index (χ1n) is 8.03. The number of hydrogen-bond acceptors (Lipinski definition) is 2. The second kappa shape index (κ2) is 6.39. The lowest BCUT2D eigenvalue weighted by atomic mass is 9.90. The van der Waals surface area contributed by atoms with E-state index in [9.17, 15) is 4.79 Å². The zero-order chi connectivity index (χ0) is 15.5. The Balaban J connectivity index is 1.59. The van der Waals surface area contributed by atoms with E-state index in [4.69, 9.17) is 4.42 Å². The van der Waals surface area contributed by atoms with Gasteiger partial charge in [0.05, 0.1) is 11.8 Å². The van der Waals surface area contributed by atoms with Crippen molar-refractivity contribution in [1.82, 2.24) is 4.90 Å². The number of nitrogens with zero attached hydrogens (tertiary/aromatic N) is 1. The van der Waals surface area contributed by atoms with E-state index in [2.05, 4.69) is 30.3 Å². The van der Waals surface area contributed by atoms with Crippen molar-refractivity contribution in [2.24, 2.45) is 5.92 Å². The maximum Gasteiger partial charge on any atom is 0.257 e. The molecule has 2 aromatic rings. The summed E-state index contributed by atoms with van der Waals surface area (Å²) < 4.78 is 5.36. The molecule has 0 radical (unpaired) electrons.